The second-order valence-corrected chi connectivity index (χ2v) is 9.63. The summed E-state index contributed by atoms with van der Waals surface area (Å²) in [7, 11) is -2.31. The predicted molar refractivity (Wildman–Crippen MR) is 121 cm³/mol. The summed E-state index contributed by atoms with van der Waals surface area (Å²) in [6.07, 6.45) is 3.51. The Kier molecular flexibility index (Phi) is 8.11. The van der Waals surface area contributed by atoms with E-state index in [1.54, 1.807) is 24.3 Å². The summed E-state index contributed by atoms with van der Waals surface area (Å²) in [6.45, 7) is 0.305. The molecule has 1 aliphatic heterocycles. The molecule has 2 aromatic rings. The minimum atomic E-state index is -3.85. The average molecular weight is 481 g/mol. The normalized spacial score (nSPS) is 14.9. The van der Waals surface area contributed by atoms with E-state index < -0.39 is 28.5 Å². The summed E-state index contributed by atoms with van der Waals surface area (Å²) in [5, 5.41) is 2.63. The van der Waals surface area contributed by atoms with Crippen molar-refractivity contribution in [3.8, 4) is 5.75 Å². The van der Waals surface area contributed by atoms with Gasteiger partial charge in [-0.3, -0.25) is 4.79 Å². The number of hydrogen-bond acceptors (Lipinski definition) is 6. The van der Waals surface area contributed by atoms with Crippen LogP contribution >= 0.6 is 11.6 Å². The van der Waals surface area contributed by atoms with E-state index in [4.69, 9.17) is 21.1 Å². The molecule has 1 amide bonds. The van der Waals surface area contributed by atoms with Crippen molar-refractivity contribution in [3.05, 3.63) is 53.1 Å². The van der Waals surface area contributed by atoms with Gasteiger partial charge < -0.3 is 14.8 Å². The molecule has 0 spiro atoms. The number of esters is 1. The summed E-state index contributed by atoms with van der Waals surface area (Å²) in [5.41, 5.74) is 0.518. The van der Waals surface area contributed by atoms with E-state index in [0.717, 1.165) is 25.7 Å². The van der Waals surface area contributed by atoms with Crippen molar-refractivity contribution >= 4 is 39.2 Å². The van der Waals surface area contributed by atoms with Crippen LogP contribution in [0.4, 0.5) is 5.69 Å². The molecule has 0 saturated carbocycles. The Morgan fingerprint density at radius 3 is 2.31 bits per heavy atom. The van der Waals surface area contributed by atoms with E-state index in [0.29, 0.717) is 24.5 Å². The second-order valence-electron chi connectivity index (χ2n) is 7.32. The maximum atomic E-state index is 13.1. The van der Waals surface area contributed by atoms with Crippen LogP contribution in [0.25, 0.3) is 0 Å². The van der Waals surface area contributed by atoms with Gasteiger partial charge in [0.05, 0.1) is 17.7 Å². The largest absolute Gasteiger partial charge is 0.497 e. The van der Waals surface area contributed by atoms with Crippen LogP contribution in [-0.4, -0.2) is 51.4 Å². The fourth-order valence-corrected chi connectivity index (χ4v) is 5.35. The average Bonchev–Trinajstić information content (AvgIpc) is 3.08. The van der Waals surface area contributed by atoms with Gasteiger partial charge in [0.2, 0.25) is 10.0 Å². The number of methoxy groups -OCH3 is 1. The number of halogens is 1. The standard InChI is InChI=1S/C22H25ClN2O6S/c1-30-18-9-7-17(8-10-18)24-21(26)15-31-22(27)16-6-11-19(23)20(14-16)32(28,29)25-12-4-2-3-5-13-25/h6-11,14H,2-5,12-13,15H2,1H3,(H,24,26). The van der Waals surface area contributed by atoms with Gasteiger partial charge in [-0.05, 0) is 55.3 Å². The molecule has 172 valence electrons. The fourth-order valence-electron chi connectivity index (χ4n) is 3.33. The number of carbonyl (C=O) groups is 2. The van der Waals surface area contributed by atoms with Crippen molar-refractivity contribution < 1.29 is 27.5 Å². The monoisotopic (exact) mass is 480 g/mol. The molecular formula is C22H25ClN2O6S. The summed E-state index contributed by atoms with van der Waals surface area (Å²) in [4.78, 5) is 24.4. The first-order chi connectivity index (χ1) is 15.3. The molecule has 1 heterocycles. The Morgan fingerprint density at radius 2 is 1.69 bits per heavy atom. The highest BCUT2D eigenvalue weighted by molar-refractivity contribution is 7.89. The van der Waals surface area contributed by atoms with E-state index in [1.165, 1.54) is 29.6 Å². The van der Waals surface area contributed by atoms with Gasteiger partial charge >= 0.3 is 5.97 Å². The highest BCUT2D eigenvalue weighted by atomic mass is 35.5. The smallest absolute Gasteiger partial charge is 0.338 e. The molecule has 2 aromatic carbocycles. The van der Waals surface area contributed by atoms with Crippen molar-refractivity contribution in [1.29, 1.82) is 0 Å². The van der Waals surface area contributed by atoms with Crippen LogP contribution in [0.2, 0.25) is 5.02 Å². The molecular weight excluding hydrogens is 456 g/mol. The molecule has 0 aliphatic carbocycles. The number of amides is 1. The number of carbonyl (C=O) groups excluding carboxylic acids is 2. The van der Waals surface area contributed by atoms with Crippen LogP contribution in [0.3, 0.4) is 0 Å². The number of rotatable bonds is 7. The van der Waals surface area contributed by atoms with Gasteiger partial charge in [-0.25, -0.2) is 13.2 Å². The van der Waals surface area contributed by atoms with Gasteiger partial charge in [0.1, 0.15) is 10.6 Å². The zero-order valence-electron chi connectivity index (χ0n) is 17.7. The van der Waals surface area contributed by atoms with Crippen molar-refractivity contribution in [2.75, 3.05) is 32.1 Å². The Labute approximate surface area is 192 Å². The molecule has 0 bridgehead atoms. The molecule has 0 aromatic heterocycles. The number of sulfonamides is 1. The van der Waals surface area contributed by atoms with Crippen LogP contribution in [0, 0.1) is 0 Å². The SMILES string of the molecule is COc1ccc(NC(=O)COC(=O)c2ccc(Cl)c(S(=O)(=O)N3CCCCCC3)c2)cc1. The lowest BCUT2D eigenvalue weighted by Crippen LogP contribution is -2.32. The number of hydrogen-bond donors (Lipinski definition) is 1. The summed E-state index contributed by atoms with van der Waals surface area (Å²) in [5.74, 6) is -0.711. The minimum Gasteiger partial charge on any atom is -0.497 e. The number of ether oxygens (including phenoxy) is 2. The molecule has 1 aliphatic rings. The lowest BCUT2D eigenvalue weighted by molar-refractivity contribution is -0.119. The fraction of sp³-hybridized carbons (Fsp3) is 0.364. The van der Waals surface area contributed by atoms with E-state index >= 15 is 0 Å². The molecule has 0 unspecified atom stereocenters. The maximum Gasteiger partial charge on any atom is 0.338 e. The van der Waals surface area contributed by atoms with E-state index in [-0.39, 0.29) is 15.5 Å². The van der Waals surface area contributed by atoms with Crippen LogP contribution in [0.15, 0.2) is 47.4 Å². The molecule has 1 fully saturated rings. The number of benzene rings is 2. The highest BCUT2D eigenvalue weighted by Crippen LogP contribution is 2.28. The Morgan fingerprint density at radius 1 is 1.03 bits per heavy atom. The Balaban J connectivity index is 1.65. The van der Waals surface area contributed by atoms with Crippen molar-refractivity contribution in [1.82, 2.24) is 4.31 Å². The van der Waals surface area contributed by atoms with Gasteiger partial charge in [0.25, 0.3) is 5.91 Å². The first-order valence-electron chi connectivity index (χ1n) is 10.2. The Bertz CT molecular complexity index is 1060. The maximum absolute atomic E-state index is 13.1. The first kappa shape index (κ1) is 24.0. The van der Waals surface area contributed by atoms with Gasteiger partial charge in [0, 0.05) is 18.8 Å². The third kappa shape index (κ3) is 5.99. The van der Waals surface area contributed by atoms with Crippen molar-refractivity contribution in [3.63, 3.8) is 0 Å². The first-order valence-corrected chi connectivity index (χ1v) is 12.0. The third-order valence-corrected chi connectivity index (χ3v) is 7.44. The molecule has 1 N–H and O–H groups in total. The lowest BCUT2D eigenvalue weighted by atomic mass is 10.2. The van der Waals surface area contributed by atoms with Crippen molar-refractivity contribution in [2.24, 2.45) is 0 Å². The molecule has 0 atom stereocenters. The molecule has 1 saturated heterocycles. The van der Waals surface area contributed by atoms with Crippen LogP contribution in [0.1, 0.15) is 36.0 Å². The summed E-state index contributed by atoms with van der Waals surface area (Å²) < 4.78 is 37.6. The molecule has 3 rings (SSSR count). The zero-order chi connectivity index (χ0) is 23.1. The van der Waals surface area contributed by atoms with E-state index in [2.05, 4.69) is 5.32 Å². The predicted octanol–water partition coefficient (Wildman–Crippen LogP) is 3.71. The lowest BCUT2D eigenvalue weighted by Gasteiger charge is -2.21. The minimum absolute atomic E-state index is 0.0000411. The topological polar surface area (TPSA) is 102 Å². The number of nitrogens with one attached hydrogen (secondary N) is 1. The van der Waals surface area contributed by atoms with E-state index in [1.807, 2.05) is 0 Å². The van der Waals surface area contributed by atoms with Gasteiger partial charge in [0.15, 0.2) is 6.61 Å². The summed E-state index contributed by atoms with van der Waals surface area (Å²) in [6, 6.07) is 10.6. The van der Waals surface area contributed by atoms with Crippen LogP contribution < -0.4 is 10.1 Å². The molecule has 10 heteroatoms. The quantitative estimate of drug-likeness (QED) is 0.606. The van der Waals surface area contributed by atoms with Crippen molar-refractivity contribution in [2.45, 2.75) is 30.6 Å². The zero-order valence-corrected chi connectivity index (χ0v) is 19.2. The molecule has 8 nitrogen and oxygen atoms in total. The highest BCUT2D eigenvalue weighted by Gasteiger charge is 2.28. The van der Waals surface area contributed by atoms with Gasteiger partial charge in [-0.1, -0.05) is 24.4 Å². The number of anilines is 1. The molecule has 0 radical (unpaired) electrons. The second kappa shape index (κ2) is 10.8. The van der Waals surface area contributed by atoms with Crippen LogP contribution in [0.5, 0.6) is 5.75 Å². The van der Waals surface area contributed by atoms with Gasteiger partial charge in [-0.2, -0.15) is 4.31 Å². The number of nitrogens with zero attached hydrogens (tertiary/aromatic N) is 1. The third-order valence-electron chi connectivity index (χ3n) is 5.06. The summed E-state index contributed by atoms with van der Waals surface area (Å²) >= 11 is 6.15. The van der Waals surface area contributed by atoms with E-state index in [9.17, 15) is 18.0 Å². The van der Waals surface area contributed by atoms with Gasteiger partial charge in [-0.15, -0.1) is 0 Å². The Hall–Kier alpha value is -2.62. The van der Waals surface area contributed by atoms with Crippen LogP contribution in [-0.2, 0) is 19.6 Å². The molecule has 32 heavy (non-hydrogen) atoms.